The molecular weight excluding hydrogens is 206 g/mol. The third kappa shape index (κ3) is 3.22. The first-order chi connectivity index (χ1) is 7.33. The van der Waals surface area contributed by atoms with Crippen molar-refractivity contribution in [1.82, 2.24) is 0 Å². The minimum Gasteiger partial charge on any atom is -0.490 e. The summed E-state index contributed by atoms with van der Waals surface area (Å²) in [4.78, 5) is 10.4. The fraction of sp³-hybridized carbons (Fsp3) is 0.500. The summed E-state index contributed by atoms with van der Waals surface area (Å²) in [5.74, 6) is 0.308. The van der Waals surface area contributed by atoms with Gasteiger partial charge in [0.2, 0.25) is 0 Å². The molecule has 0 bridgehead atoms. The van der Waals surface area contributed by atoms with Gasteiger partial charge in [-0.1, -0.05) is 26.8 Å². The number of nitro groups is 1. The molecule has 0 atom stereocenters. The SMILES string of the molecule is COc1ccc(CC(C)(C)C)cc1[N+](=O)[O-]. The van der Waals surface area contributed by atoms with E-state index in [9.17, 15) is 10.1 Å². The van der Waals surface area contributed by atoms with Crippen LogP contribution in [0.5, 0.6) is 5.75 Å². The Morgan fingerprint density at radius 3 is 2.44 bits per heavy atom. The van der Waals surface area contributed by atoms with Gasteiger partial charge in [-0.2, -0.15) is 0 Å². The van der Waals surface area contributed by atoms with Crippen LogP contribution in [0.2, 0.25) is 0 Å². The van der Waals surface area contributed by atoms with E-state index < -0.39 is 4.92 Å². The molecule has 1 aromatic rings. The van der Waals surface area contributed by atoms with Gasteiger partial charge in [0.15, 0.2) is 5.75 Å². The zero-order valence-electron chi connectivity index (χ0n) is 10.1. The van der Waals surface area contributed by atoms with Crippen LogP contribution in [0.15, 0.2) is 18.2 Å². The van der Waals surface area contributed by atoms with Crippen LogP contribution in [0.1, 0.15) is 26.3 Å². The minimum atomic E-state index is -0.412. The van der Waals surface area contributed by atoms with Gasteiger partial charge < -0.3 is 4.74 Å². The molecule has 16 heavy (non-hydrogen) atoms. The Hall–Kier alpha value is -1.58. The normalized spacial score (nSPS) is 11.2. The number of ether oxygens (including phenoxy) is 1. The van der Waals surface area contributed by atoms with Crippen molar-refractivity contribution < 1.29 is 9.66 Å². The molecule has 4 heteroatoms. The molecule has 0 aliphatic carbocycles. The number of methoxy groups -OCH3 is 1. The number of nitro benzene ring substituents is 1. The second kappa shape index (κ2) is 4.51. The van der Waals surface area contributed by atoms with E-state index in [1.165, 1.54) is 7.11 Å². The van der Waals surface area contributed by atoms with Crippen LogP contribution < -0.4 is 4.74 Å². The van der Waals surface area contributed by atoms with Gasteiger partial charge in [0.25, 0.3) is 0 Å². The molecule has 0 radical (unpaired) electrons. The van der Waals surface area contributed by atoms with E-state index in [0.717, 1.165) is 12.0 Å². The first-order valence-corrected chi connectivity index (χ1v) is 5.15. The molecule has 1 aromatic carbocycles. The summed E-state index contributed by atoms with van der Waals surface area (Å²) in [5, 5.41) is 10.8. The van der Waals surface area contributed by atoms with E-state index in [0.29, 0.717) is 5.75 Å². The quantitative estimate of drug-likeness (QED) is 0.584. The molecule has 0 spiro atoms. The second-order valence-corrected chi connectivity index (χ2v) is 5.00. The zero-order chi connectivity index (χ0) is 12.3. The zero-order valence-corrected chi connectivity index (χ0v) is 10.1. The molecule has 0 aromatic heterocycles. The average molecular weight is 223 g/mol. The summed E-state index contributed by atoms with van der Waals surface area (Å²) in [7, 11) is 1.44. The summed E-state index contributed by atoms with van der Waals surface area (Å²) in [6.45, 7) is 6.30. The average Bonchev–Trinajstić information content (AvgIpc) is 2.15. The molecule has 0 fully saturated rings. The fourth-order valence-electron chi connectivity index (χ4n) is 1.60. The monoisotopic (exact) mass is 223 g/mol. The van der Waals surface area contributed by atoms with E-state index in [1.54, 1.807) is 12.1 Å². The van der Waals surface area contributed by atoms with Crippen molar-refractivity contribution in [1.29, 1.82) is 0 Å². The van der Waals surface area contributed by atoms with Gasteiger partial charge >= 0.3 is 5.69 Å². The first kappa shape index (κ1) is 12.5. The van der Waals surface area contributed by atoms with E-state index in [2.05, 4.69) is 20.8 Å². The predicted molar refractivity (Wildman–Crippen MR) is 62.8 cm³/mol. The van der Waals surface area contributed by atoms with E-state index in [-0.39, 0.29) is 11.1 Å². The summed E-state index contributed by atoms with van der Waals surface area (Å²) in [6, 6.07) is 5.11. The molecule has 0 unspecified atom stereocenters. The van der Waals surface area contributed by atoms with Gasteiger partial charge in [-0.15, -0.1) is 0 Å². The maximum absolute atomic E-state index is 10.8. The predicted octanol–water partition coefficient (Wildman–Crippen LogP) is 3.19. The molecule has 88 valence electrons. The highest BCUT2D eigenvalue weighted by atomic mass is 16.6. The largest absolute Gasteiger partial charge is 0.490 e. The summed E-state index contributed by atoms with van der Waals surface area (Å²) in [6.07, 6.45) is 0.803. The van der Waals surface area contributed by atoms with E-state index in [4.69, 9.17) is 4.74 Å². The van der Waals surface area contributed by atoms with Crippen molar-refractivity contribution in [3.63, 3.8) is 0 Å². The summed E-state index contributed by atoms with van der Waals surface area (Å²) < 4.78 is 4.95. The van der Waals surface area contributed by atoms with Crippen molar-refractivity contribution in [2.75, 3.05) is 7.11 Å². The molecular formula is C12H17NO3. The minimum absolute atomic E-state index is 0.0317. The first-order valence-electron chi connectivity index (χ1n) is 5.15. The number of rotatable bonds is 3. The van der Waals surface area contributed by atoms with Gasteiger partial charge in [0.05, 0.1) is 12.0 Å². The molecule has 0 aliphatic rings. The number of benzene rings is 1. The van der Waals surface area contributed by atoms with Crippen LogP contribution in [0, 0.1) is 15.5 Å². The highest BCUT2D eigenvalue weighted by Crippen LogP contribution is 2.30. The maximum Gasteiger partial charge on any atom is 0.311 e. The Morgan fingerprint density at radius 1 is 1.38 bits per heavy atom. The topological polar surface area (TPSA) is 52.4 Å². The Kier molecular flexibility index (Phi) is 3.52. The smallest absolute Gasteiger partial charge is 0.311 e. The van der Waals surface area contributed by atoms with Crippen LogP contribution in [0.4, 0.5) is 5.69 Å². The molecule has 0 N–H and O–H groups in total. The van der Waals surface area contributed by atoms with E-state index in [1.807, 2.05) is 6.07 Å². The number of hydrogen-bond donors (Lipinski definition) is 0. The third-order valence-electron chi connectivity index (χ3n) is 2.17. The third-order valence-corrected chi connectivity index (χ3v) is 2.17. The van der Waals surface area contributed by atoms with Gasteiger partial charge in [0.1, 0.15) is 0 Å². The molecule has 0 aliphatic heterocycles. The van der Waals surface area contributed by atoms with Gasteiger partial charge in [-0.05, 0) is 23.5 Å². The van der Waals surface area contributed by atoms with Gasteiger partial charge in [0, 0.05) is 6.07 Å². The van der Waals surface area contributed by atoms with Crippen molar-refractivity contribution in [3.8, 4) is 5.75 Å². The Balaban J connectivity index is 3.07. The van der Waals surface area contributed by atoms with Crippen molar-refractivity contribution in [3.05, 3.63) is 33.9 Å². The standard InChI is InChI=1S/C12H17NO3/c1-12(2,3)8-9-5-6-11(16-4)10(7-9)13(14)15/h5-7H,8H2,1-4H3. The lowest BCUT2D eigenvalue weighted by Gasteiger charge is -2.18. The van der Waals surface area contributed by atoms with Crippen LogP contribution in [0.25, 0.3) is 0 Å². The van der Waals surface area contributed by atoms with Crippen LogP contribution in [-0.4, -0.2) is 12.0 Å². The Labute approximate surface area is 95.4 Å². The highest BCUT2D eigenvalue weighted by Gasteiger charge is 2.18. The molecule has 0 saturated heterocycles. The van der Waals surface area contributed by atoms with Crippen LogP contribution in [-0.2, 0) is 6.42 Å². The van der Waals surface area contributed by atoms with Gasteiger partial charge in [-0.25, -0.2) is 0 Å². The van der Waals surface area contributed by atoms with Crippen molar-refractivity contribution >= 4 is 5.69 Å². The molecule has 0 heterocycles. The Bertz CT molecular complexity index is 394. The van der Waals surface area contributed by atoms with Crippen molar-refractivity contribution in [2.45, 2.75) is 27.2 Å². The Morgan fingerprint density at radius 2 is 2.00 bits per heavy atom. The van der Waals surface area contributed by atoms with E-state index >= 15 is 0 Å². The molecule has 0 saturated carbocycles. The molecule has 0 amide bonds. The summed E-state index contributed by atoms with van der Waals surface area (Å²) >= 11 is 0. The van der Waals surface area contributed by atoms with Gasteiger partial charge in [-0.3, -0.25) is 10.1 Å². The fourth-order valence-corrected chi connectivity index (χ4v) is 1.60. The number of hydrogen-bond acceptors (Lipinski definition) is 3. The van der Waals surface area contributed by atoms with Crippen LogP contribution in [0.3, 0.4) is 0 Å². The second-order valence-electron chi connectivity index (χ2n) is 5.00. The lowest BCUT2D eigenvalue weighted by atomic mass is 9.88. The lowest BCUT2D eigenvalue weighted by molar-refractivity contribution is -0.385. The molecule has 4 nitrogen and oxygen atoms in total. The van der Waals surface area contributed by atoms with Crippen LogP contribution >= 0.6 is 0 Å². The lowest BCUT2D eigenvalue weighted by Crippen LogP contribution is -2.09. The van der Waals surface area contributed by atoms with Crippen molar-refractivity contribution in [2.24, 2.45) is 5.41 Å². The summed E-state index contributed by atoms with van der Waals surface area (Å²) in [5.41, 5.74) is 1.10. The number of nitrogens with zero attached hydrogens (tertiary/aromatic N) is 1. The maximum atomic E-state index is 10.8. The highest BCUT2D eigenvalue weighted by molar-refractivity contribution is 5.48. The molecule has 1 rings (SSSR count).